The fraction of sp³-hybridized carbons (Fsp3) is 0.0244. The molecule has 0 atom stereocenters. The van der Waals surface area contributed by atoms with E-state index in [1.807, 2.05) is 54.6 Å². The second-order valence-electron chi connectivity index (χ2n) is 11.2. The number of hydrogen-bond donors (Lipinski definition) is 0. The van der Waals surface area contributed by atoms with Crippen molar-refractivity contribution < 1.29 is 0 Å². The van der Waals surface area contributed by atoms with Crippen molar-refractivity contribution in [1.82, 2.24) is 9.05 Å². The van der Waals surface area contributed by atoms with Crippen LogP contribution in [0.15, 0.2) is 141 Å². The predicted octanol–water partition coefficient (Wildman–Crippen LogP) is 9.26. The topological polar surface area (TPSA) is 9.86 Å². The minimum Gasteiger partial charge on any atom is -0.390 e. The first-order valence-corrected chi connectivity index (χ1v) is 14.8. The van der Waals surface area contributed by atoms with E-state index >= 15 is 0 Å². The molecule has 0 aliphatic carbocycles. The Morgan fingerprint density at radius 3 is 2.18 bits per heavy atom. The number of hydrogen-bond acceptors (Lipinski definition) is 0. The molecule has 0 spiro atoms. The van der Waals surface area contributed by atoms with E-state index in [2.05, 4.69) is 122 Å². The molecule has 0 saturated carbocycles. The molecular formula is C41H32BN2. The van der Waals surface area contributed by atoms with Crippen LogP contribution in [-0.2, 0) is 0 Å². The number of fused-ring (bicyclic) bond motifs is 8. The predicted molar refractivity (Wildman–Crippen MR) is 195 cm³/mol. The summed E-state index contributed by atoms with van der Waals surface area (Å²) < 4.78 is 4.57. The normalized spacial score (nSPS) is 11.6. The maximum atomic E-state index is 4.54. The van der Waals surface area contributed by atoms with Crippen LogP contribution in [0.2, 0.25) is 6.82 Å². The van der Waals surface area contributed by atoms with Gasteiger partial charge in [0.2, 0.25) is 7.41 Å². The molecule has 7 aromatic rings. The molecule has 44 heavy (non-hydrogen) atoms. The molecule has 2 aromatic heterocycles. The Bertz CT molecular complexity index is 2510. The summed E-state index contributed by atoms with van der Waals surface area (Å²) in [6, 6.07) is 40.3. The van der Waals surface area contributed by atoms with Gasteiger partial charge in [0.25, 0.3) is 0 Å². The fourth-order valence-corrected chi connectivity index (χ4v) is 6.41. The molecule has 0 aliphatic heterocycles. The second kappa shape index (κ2) is 10.9. The van der Waals surface area contributed by atoms with E-state index in [9.17, 15) is 0 Å². The zero-order valence-corrected chi connectivity index (χ0v) is 24.9. The van der Waals surface area contributed by atoms with Gasteiger partial charge in [-0.05, 0) is 62.7 Å². The molecule has 0 bridgehead atoms. The van der Waals surface area contributed by atoms with Crippen LogP contribution in [0.25, 0.3) is 78.8 Å². The Kier molecular flexibility index (Phi) is 6.79. The monoisotopic (exact) mass is 563 g/mol. The molecule has 0 saturated heterocycles. The minimum absolute atomic E-state index is 0.858. The molecule has 3 heteroatoms. The van der Waals surface area contributed by atoms with Gasteiger partial charge in [-0.25, -0.2) is 0 Å². The number of benzene rings is 4. The van der Waals surface area contributed by atoms with Crippen LogP contribution in [0, 0.1) is 0 Å². The highest BCUT2D eigenvalue weighted by Crippen LogP contribution is 2.40. The van der Waals surface area contributed by atoms with Crippen LogP contribution in [-0.4, -0.2) is 16.5 Å². The number of nitrogens with zero attached hydrogens (tertiary/aromatic N) is 2. The van der Waals surface area contributed by atoms with Gasteiger partial charge in [-0.2, -0.15) is 0 Å². The van der Waals surface area contributed by atoms with Crippen LogP contribution < -0.4 is 10.4 Å². The SMILES string of the molecule is C=C(/C=C\C(=C)n1c2ccccc2c2cc3c4c5ccccc5ccc4n([B]C)c3cc21)c1cccc(=C)ccccc1=C. The Labute approximate surface area is 258 Å². The number of para-hydroxylation sites is 1. The lowest BCUT2D eigenvalue weighted by Crippen LogP contribution is -2.02. The summed E-state index contributed by atoms with van der Waals surface area (Å²) >= 11 is 0. The highest BCUT2D eigenvalue weighted by atomic mass is 15.0. The molecule has 0 fully saturated rings. The first-order valence-electron chi connectivity index (χ1n) is 14.8. The second-order valence-corrected chi connectivity index (χ2v) is 11.2. The molecule has 0 unspecified atom stereocenters. The Hall–Kier alpha value is -5.54. The van der Waals surface area contributed by atoms with E-state index in [4.69, 9.17) is 0 Å². The van der Waals surface area contributed by atoms with E-state index in [1.54, 1.807) is 0 Å². The standard InChI is InChI=1S/C41H32BN2/c1-27-13-6-7-15-28(2)32(19-12-14-27)29(3)21-22-30(4)43-37-20-11-10-18-34(37)35-25-36-40(26-39(35)43)44(42-5)38-24-23-31-16-8-9-17-33(31)41(36)38/h6-26H,1-4H2,5H3/b13-6?,14-12?,15-7?,22-21-,32-19?. The summed E-state index contributed by atoms with van der Waals surface area (Å²) in [5, 5.41) is 9.28. The first kappa shape index (κ1) is 27.3. The third-order valence-corrected chi connectivity index (χ3v) is 8.49. The molecule has 0 aliphatic rings. The van der Waals surface area contributed by atoms with E-state index in [0.29, 0.717) is 0 Å². The first-order chi connectivity index (χ1) is 21.5. The van der Waals surface area contributed by atoms with Crippen molar-refractivity contribution in [2.45, 2.75) is 6.82 Å². The maximum Gasteiger partial charge on any atom is 0.249 e. The minimum atomic E-state index is 0.858. The van der Waals surface area contributed by atoms with Crippen molar-refractivity contribution in [1.29, 1.82) is 0 Å². The molecule has 0 amide bonds. The number of allylic oxidation sites excluding steroid dienone is 4. The molecule has 7 rings (SSSR count). The van der Waals surface area contributed by atoms with Crippen molar-refractivity contribution in [3.05, 3.63) is 157 Å². The van der Waals surface area contributed by atoms with Crippen molar-refractivity contribution in [2.24, 2.45) is 0 Å². The van der Waals surface area contributed by atoms with Gasteiger partial charge in [0.1, 0.15) is 0 Å². The van der Waals surface area contributed by atoms with Gasteiger partial charge >= 0.3 is 0 Å². The smallest absolute Gasteiger partial charge is 0.249 e. The highest BCUT2D eigenvalue weighted by Gasteiger charge is 2.18. The molecule has 1 radical (unpaired) electrons. The van der Waals surface area contributed by atoms with Gasteiger partial charge in [0, 0.05) is 38.3 Å². The molecule has 5 aromatic carbocycles. The quantitative estimate of drug-likeness (QED) is 0.146. The average Bonchev–Trinajstić information content (AvgIpc) is 3.54. The van der Waals surface area contributed by atoms with Crippen LogP contribution in [0.1, 0.15) is 5.56 Å². The number of rotatable bonds is 5. The van der Waals surface area contributed by atoms with E-state index in [0.717, 1.165) is 38.3 Å². The van der Waals surface area contributed by atoms with E-state index in [-0.39, 0.29) is 0 Å². The molecular weight excluding hydrogens is 531 g/mol. The summed E-state index contributed by atoms with van der Waals surface area (Å²) in [6.07, 6.45) is 4.08. The van der Waals surface area contributed by atoms with Gasteiger partial charge < -0.3 is 9.05 Å². The van der Waals surface area contributed by atoms with Gasteiger partial charge in [0.15, 0.2) is 0 Å². The molecule has 0 N–H and O–H groups in total. The summed E-state index contributed by atoms with van der Waals surface area (Å²) in [5.74, 6) is 0. The van der Waals surface area contributed by atoms with E-state index < -0.39 is 0 Å². The zero-order valence-electron chi connectivity index (χ0n) is 24.9. The van der Waals surface area contributed by atoms with Crippen molar-refractivity contribution in [3.63, 3.8) is 0 Å². The molecule has 2 nitrogen and oxygen atoms in total. The Morgan fingerprint density at radius 2 is 1.34 bits per heavy atom. The lowest BCUT2D eigenvalue weighted by atomic mass is 9.98. The largest absolute Gasteiger partial charge is 0.390 e. The average molecular weight is 564 g/mol. The van der Waals surface area contributed by atoms with Gasteiger partial charge in [-0.15, -0.1) is 0 Å². The zero-order chi connectivity index (χ0) is 30.4. The van der Waals surface area contributed by atoms with Crippen LogP contribution in [0.5, 0.6) is 0 Å². The van der Waals surface area contributed by atoms with Crippen LogP contribution >= 0.6 is 0 Å². The van der Waals surface area contributed by atoms with Crippen molar-refractivity contribution in [2.75, 3.05) is 0 Å². The Balaban J connectivity index is 1.42. The van der Waals surface area contributed by atoms with Crippen LogP contribution in [0.3, 0.4) is 0 Å². The third kappa shape index (κ3) is 4.45. The van der Waals surface area contributed by atoms with Gasteiger partial charge in [0.05, 0.1) is 11.0 Å². The summed E-state index contributed by atoms with van der Waals surface area (Å²) in [4.78, 5) is 0. The van der Waals surface area contributed by atoms with Crippen LogP contribution in [0.4, 0.5) is 0 Å². The summed E-state index contributed by atoms with van der Waals surface area (Å²) in [7, 11) is 2.16. The lowest BCUT2D eigenvalue weighted by Gasteiger charge is -2.09. The summed E-state index contributed by atoms with van der Waals surface area (Å²) in [6.45, 7) is 19.4. The highest BCUT2D eigenvalue weighted by molar-refractivity contribution is 6.39. The van der Waals surface area contributed by atoms with Gasteiger partial charge in [-0.1, -0.05) is 130 Å². The van der Waals surface area contributed by atoms with Gasteiger partial charge in [-0.3, -0.25) is 0 Å². The van der Waals surface area contributed by atoms with Crippen molar-refractivity contribution >= 4 is 86.2 Å². The maximum absolute atomic E-state index is 4.54. The third-order valence-electron chi connectivity index (χ3n) is 8.49. The lowest BCUT2D eigenvalue weighted by molar-refractivity contribution is 1.24. The fourth-order valence-electron chi connectivity index (χ4n) is 6.41. The molecule has 209 valence electrons. The number of aromatic nitrogens is 2. The van der Waals surface area contributed by atoms with E-state index in [1.165, 1.54) is 43.4 Å². The molecule has 2 heterocycles. The Morgan fingerprint density at radius 1 is 0.614 bits per heavy atom. The summed E-state index contributed by atoms with van der Waals surface area (Å²) in [5.41, 5.74) is 7.30. The van der Waals surface area contributed by atoms with Crippen molar-refractivity contribution in [3.8, 4) is 0 Å².